The van der Waals surface area contributed by atoms with Crippen LogP contribution in [0.3, 0.4) is 0 Å². The normalized spacial score (nSPS) is 34.7. The van der Waals surface area contributed by atoms with E-state index in [-0.39, 0.29) is 0 Å². The molecule has 0 aromatic heterocycles. The highest BCUT2D eigenvalue weighted by molar-refractivity contribution is 4.95. The molecule has 2 rings (SSSR count). The average molecular weight is 207 g/mol. The average Bonchev–Trinajstić information content (AvgIpc) is 2.95. The fourth-order valence-corrected chi connectivity index (χ4v) is 2.78. The van der Waals surface area contributed by atoms with Gasteiger partial charge < -0.3 is 4.90 Å². The summed E-state index contributed by atoms with van der Waals surface area (Å²) in [5.74, 6) is 0.735. The summed E-state index contributed by atoms with van der Waals surface area (Å²) in [4.78, 5) is 4.98. The second-order valence-electron chi connectivity index (χ2n) is 5.27. The van der Waals surface area contributed by atoms with Gasteiger partial charge in [-0.05, 0) is 25.8 Å². The van der Waals surface area contributed by atoms with Crippen molar-refractivity contribution in [3.8, 4) is 6.07 Å². The Morgan fingerprint density at radius 2 is 2.00 bits per heavy atom. The molecule has 1 aliphatic carbocycles. The zero-order chi connectivity index (χ0) is 10.8. The lowest BCUT2D eigenvalue weighted by molar-refractivity contribution is 0.175. The van der Waals surface area contributed by atoms with Crippen LogP contribution in [0.2, 0.25) is 0 Å². The molecule has 0 spiro atoms. The Hall–Kier alpha value is -0.590. The Bertz CT molecular complexity index is 254. The molecule has 1 saturated carbocycles. The Kier molecular flexibility index (Phi) is 3.28. The fourth-order valence-electron chi connectivity index (χ4n) is 2.78. The maximum atomic E-state index is 8.89. The molecule has 1 saturated heterocycles. The summed E-state index contributed by atoms with van der Waals surface area (Å²) in [6.45, 7) is 5.74. The summed E-state index contributed by atoms with van der Waals surface area (Å²) in [6, 6.07) is 3.60. The zero-order valence-corrected chi connectivity index (χ0v) is 9.82. The number of hydrogen-bond acceptors (Lipinski definition) is 3. The number of rotatable bonds is 2. The first kappa shape index (κ1) is 10.9. The molecule has 0 bridgehead atoms. The predicted octanol–water partition coefficient (Wildman–Crippen LogP) is 1.31. The van der Waals surface area contributed by atoms with Gasteiger partial charge in [-0.2, -0.15) is 5.26 Å². The highest BCUT2D eigenvalue weighted by Gasteiger charge is 2.36. The van der Waals surface area contributed by atoms with E-state index in [1.807, 2.05) is 0 Å². The van der Waals surface area contributed by atoms with E-state index in [1.165, 1.54) is 25.9 Å². The van der Waals surface area contributed by atoms with Crippen molar-refractivity contribution in [3.05, 3.63) is 0 Å². The van der Waals surface area contributed by atoms with E-state index >= 15 is 0 Å². The molecule has 1 aliphatic heterocycles. The fraction of sp³-hybridized carbons (Fsp3) is 0.917. The minimum atomic E-state index is 0.470. The molecule has 0 aromatic rings. The van der Waals surface area contributed by atoms with Gasteiger partial charge in [-0.25, -0.2) is 0 Å². The molecule has 15 heavy (non-hydrogen) atoms. The highest BCUT2D eigenvalue weighted by Crippen LogP contribution is 2.31. The van der Waals surface area contributed by atoms with E-state index in [0.29, 0.717) is 12.5 Å². The van der Waals surface area contributed by atoms with Crippen molar-refractivity contribution in [2.45, 2.75) is 38.3 Å². The van der Waals surface area contributed by atoms with Crippen LogP contribution in [0, 0.1) is 17.2 Å². The van der Waals surface area contributed by atoms with Gasteiger partial charge in [0.1, 0.15) is 0 Å². The molecule has 84 valence electrons. The zero-order valence-electron chi connectivity index (χ0n) is 9.82. The van der Waals surface area contributed by atoms with Crippen molar-refractivity contribution in [3.63, 3.8) is 0 Å². The molecule has 0 radical (unpaired) electrons. The molecule has 3 nitrogen and oxygen atoms in total. The molecule has 2 unspecified atom stereocenters. The summed E-state index contributed by atoms with van der Waals surface area (Å²) < 4.78 is 0. The van der Waals surface area contributed by atoms with Crippen LogP contribution >= 0.6 is 0 Å². The van der Waals surface area contributed by atoms with Gasteiger partial charge in [0.25, 0.3) is 0 Å². The van der Waals surface area contributed by atoms with Crippen LogP contribution < -0.4 is 0 Å². The molecule has 3 heteroatoms. The number of nitriles is 1. The SMILES string of the molecule is CC1CN(C)CC(CC#N)N(C2CC2)C1. The van der Waals surface area contributed by atoms with Crippen molar-refractivity contribution in [1.82, 2.24) is 9.80 Å². The molecule has 2 atom stereocenters. The standard InChI is InChI=1S/C12H21N3/c1-10-7-14(2)9-12(5-6-13)15(8-10)11-3-4-11/h10-12H,3-5,7-9H2,1-2H3. The van der Waals surface area contributed by atoms with Gasteiger partial charge in [0.2, 0.25) is 0 Å². The summed E-state index contributed by atoms with van der Waals surface area (Å²) >= 11 is 0. The van der Waals surface area contributed by atoms with Crippen LogP contribution in [0.5, 0.6) is 0 Å². The Labute approximate surface area is 92.7 Å². The van der Waals surface area contributed by atoms with Crippen LogP contribution in [0.25, 0.3) is 0 Å². The first-order chi connectivity index (χ1) is 7.20. The molecule has 0 aromatic carbocycles. The molecule has 2 aliphatic rings. The van der Waals surface area contributed by atoms with Crippen molar-refractivity contribution < 1.29 is 0 Å². The van der Waals surface area contributed by atoms with Crippen molar-refractivity contribution in [2.75, 3.05) is 26.7 Å². The molecule has 0 amide bonds. The van der Waals surface area contributed by atoms with E-state index in [9.17, 15) is 0 Å². The van der Waals surface area contributed by atoms with Crippen LogP contribution in [0.1, 0.15) is 26.2 Å². The van der Waals surface area contributed by atoms with Gasteiger partial charge in [0.05, 0.1) is 12.5 Å². The Morgan fingerprint density at radius 1 is 1.27 bits per heavy atom. The molecule has 0 N–H and O–H groups in total. The quantitative estimate of drug-likeness (QED) is 0.684. The Morgan fingerprint density at radius 3 is 2.60 bits per heavy atom. The minimum absolute atomic E-state index is 0.470. The third-order valence-corrected chi connectivity index (χ3v) is 3.48. The van der Waals surface area contributed by atoms with Crippen LogP contribution in [0.15, 0.2) is 0 Å². The topological polar surface area (TPSA) is 30.3 Å². The lowest BCUT2D eigenvalue weighted by Crippen LogP contribution is -2.41. The third-order valence-electron chi connectivity index (χ3n) is 3.48. The molecular formula is C12H21N3. The van der Waals surface area contributed by atoms with Crippen LogP contribution in [-0.2, 0) is 0 Å². The largest absolute Gasteiger partial charge is 0.304 e. The van der Waals surface area contributed by atoms with Gasteiger partial charge in [-0.1, -0.05) is 6.92 Å². The maximum absolute atomic E-state index is 8.89. The van der Waals surface area contributed by atoms with Crippen LogP contribution in [0.4, 0.5) is 0 Å². The summed E-state index contributed by atoms with van der Waals surface area (Å²) in [7, 11) is 2.18. The van der Waals surface area contributed by atoms with E-state index < -0.39 is 0 Å². The summed E-state index contributed by atoms with van der Waals surface area (Å²) in [5, 5.41) is 8.89. The maximum Gasteiger partial charge on any atom is 0.0638 e. The van der Waals surface area contributed by atoms with Gasteiger partial charge in [0.15, 0.2) is 0 Å². The first-order valence-electron chi connectivity index (χ1n) is 6.02. The summed E-state index contributed by atoms with van der Waals surface area (Å²) in [6.07, 6.45) is 3.38. The Balaban J connectivity index is 2.05. The van der Waals surface area contributed by atoms with Gasteiger partial charge in [-0.15, -0.1) is 0 Å². The van der Waals surface area contributed by atoms with E-state index in [1.54, 1.807) is 0 Å². The monoisotopic (exact) mass is 207 g/mol. The number of hydrogen-bond donors (Lipinski definition) is 0. The van der Waals surface area contributed by atoms with Gasteiger partial charge in [0, 0.05) is 31.7 Å². The second kappa shape index (κ2) is 4.51. The van der Waals surface area contributed by atoms with Crippen LogP contribution in [-0.4, -0.2) is 48.6 Å². The number of likely N-dealkylation sites (N-methyl/N-ethyl adjacent to an activating group) is 1. The van der Waals surface area contributed by atoms with Gasteiger partial charge in [-0.3, -0.25) is 4.90 Å². The number of nitrogens with zero attached hydrogens (tertiary/aromatic N) is 3. The van der Waals surface area contributed by atoms with Gasteiger partial charge >= 0.3 is 0 Å². The molecule has 2 fully saturated rings. The lowest BCUT2D eigenvalue weighted by Gasteiger charge is -2.29. The lowest BCUT2D eigenvalue weighted by atomic mass is 10.1. The summed E-state index contributed by atoms with van der Waals surface area (Å²) in [5.41, 5.74) is 0. The minimum Gasteiger partial charge on any atom is -0.304 e. The van der Waals surface area contributed by atoms with E-state index in [2.05, 4.69) is 29.8 Å². The first-order valence-corrected chi connectivity index (χ1v) is 6.02. The smallest absolute Gasteiger partial charge is 0.0638 e. The van der Waals surface area contributed by atoms with E-state index in [0.717, 1.165) is 18.5 Å². The predicted molar refractivity (Wildman–Crippen MR) is 60.4 cm³/mol. The second-order valence-corrected chi connectivity index (χ2v) is 5.27. The van der Waals surface area contributed by atoms with E-state index in [4.69, 9.17) is 5.26 Å². The van der Waals surface area contributed by atoms with Crippen molar-refractivity contribution in [2.24, 2.45) is 5.92 Å². The highest BCUT2D eigenvalue weighted by atomic mass is 15.3. The molecule has 1 heterocycles. The van der Waals surface area contributed by atoms with Crippen molar-refractivity contribution >= 4 is 0 Å². The third kappa shape index (κ3) is 2.70. The van der Waals surface area contributed by atoms with Crippen molar-refractivity contribution in [1.29, 1.82) is 5.26 Å². The molecular weight excluding hydrogens is 186 g/mol.